The highest BCUT2D eigenvalue weighted by Gasteiger charge is 1.98. The molecule has 21 heavy (non-hydrogen) atoms. The van der Waals surface area contributed by atoms with E-state index in [0.717, 1.165) is 19.3 Å². The van der Waals surface area contributed by atoms with Crippen molar-refractivity contribution in [1.82, 2.24) is 0 Å². The lowest BCUT2D eigenvalue weighted by atomic mass is 10.1. The Morgan fingerprint density at radius 3 is 1.95 bits per heavy atom. The summed E-state index contributed by atoms with van der Waals surface area (Å²) < 4.78 is 4.62. The molecule has 0 saturated heterocycles. The first-order chi connectivity index (χ1) is 10.3. The Morgan fingerprint density at radius 2 is 1.38 bits per heavy atom. The van der Waals surface area contributed by atoms with E-state index < -0.39 is 0 Å². The Balaban J connectivity index is 3.09. The van der Waals surface area contributed by atoms with Gasteiger partial charge in [0, 0.05) is 6.42 Å². The van der Waals surface area contributed by atoms with Gasteiger partial charge in [0.05, 0.1) is 7.11 Å². The average molecular weight is 294 g/mol. The van der Waals surface area contributed by atoms with Gasteiger partial charge in [0.15, 0.2) is 0 Å². The van der Waals surface area contributed by atoms with E-state index in [4.69, 9.17) is 0 Å². The minimum atomic E-state index is -0.0743. The molecule has 2 heteroatoms. The van der Waals surface area contributed by atoms with Crippen molar-refractivity contribution in [2.75, 3.05) is 7.11 Å². The Labute approximate surface area is 131 Å². The van der Waals surface area contributed by atoms with Crippen molar-refractivity contribution in [3.05, 3.63) is 24.3 Å². The van der Waals surface area contributed by atoms with Gasteiger partial charge in [-0.2, -0.15) is 0 Å². The molecule has 0 radical (unpaired) electrons. The highest BCUT2D eigenvalue weighted by Crippen LogP contribution is 2.11. The zero-order valence-corrected chi connectivity index (χ0v) is 14.1. The quantitative estimate of drug-likeness (QED) is 0.224. The van der Waals surface area contributed by atoms with Crippen LogP contribution in [-0.2, 0) is 9.53 Å². The maximum absolute atomic E-state index is 10.9. The second-order valence-corrected chi connectivity index (χ2v) is 5.57. The molecular formula is C19H34O2. The summed E-state index contributed by atoms with van der Waals surface area (Å²) in [6, 6.07) is 0. The highest BCUT2D eigenvalue weighted by molar-refractivity contribution is 5.68. The third-order valence-corrected chi connectivity index (χ3v) is 3.65. The zero-order valence-electron chi connectivity index (χ0n) is 14.1. The highest BCUT2D eigenvalue weighted by atomic mass is 16.5. The zero-order chi connectivity index (χ0) is 15.6. The third-order valence-electron chi connectivity index (χ3n) is 3.65. The topological polar surface area (TPSA) is 26.3 Å². The molecule has 0 atom stereocenters. The molecule has 0 unspecified atom stereocenters. The Hall–Kier alpha value is -1.05. The Morgan fingerprint density at radius 1 is 0.810 bits per heavy atom. The fraction of sp³-hybridized carbons (Fsp3) is 0.737. The van der Waals surface area contributed by atoms with Crippen LogP contribution in [-0.4, -0.2) is 13.1 Å². The molecule has 0 heterocycles. The van der Waals surface area contributed by atoms with E-state index in [-0.39, 0.29) is 5.97 Å². The predicted octanol–water partition coefficient (Wildman–Crippen LogP) is 5.97. The Bertz CT molecular complexity index is 279. The summed E-state index contributed by atoms with van der Waals surface area (Å²) in [7, 11) is 1.46. The van der Waals surface area contributed by atoms with Crippen molar-refractivity contribution >= 4 is 5.97 Å². The molecule has 0 aliphatic heterocycles. The molecule has 0 aromatic heterocycles. The number of hydrogen-bond acceptors (Lipinski definition) is 2. The number of rotatable bonds is 14. The summed E-state index contributed by atoms with van der Waals surface area (Å²) in [5, 5.41) is 0. The number of carbonyl (C=O) groups is 1. The van der Waals surface area contributed by atoms with E-state index in [2.05, 4.69) is 36.0 Å². The van der Waals surface area contributed by atoms with Crippen LogP contribution in [0, 0.1) is 0 Å². The fourth-order valence-corrected chi connectivity index (χ4v) is 2.30. The Kier molecular flexibility index (Phi) is 16.2. The number of ether oxygens (including phenoxy) is 1. The van der Waals surface area contributed by atoms with Crippen LogP contribution in [0.4, 0.5) is 0 Å². The van der Waals surface area contributed by atoms with Gasteiger partial charge in [0.1, 0.15) is 0 Å². The maximum Gasteiger partial charge on any atom is 0.305 e. The van der Waals surface area contributed by atoms with Crippen molar-refractivity contribution in [3.63, 3.8) is 0 Å². The average Bonchev–Trinajstić information content (AvgIpc) is 2.50. The second kappa shape index (κ2) is 17.0. The molecule has 0 fully saturated rings. The van der Waals surface area contributed by atoms with Crippen LogP contribution < -0.4 is 0 Å². The molecule has 122 valence electrons. The monoisotopic (exact) mass is 294 g/mol. The molecule has 0 aromatic rings. The first-order valence-corrected chi connectivity index (χ1v) is 8.64. The van der Waals surface area contributed by atoms with Crippen molar-refractivity contribution in [3.8, 4) is 0 Å². The van der Waals surface area contributed by atoms with Gasteiger partial charge in [0.25, 0.3) is 0 Å². The van der Waals surface area contributed by atoms with Crippen LogP contribution in [0.15, 0.2) is 24.3 Å². The molecular weight excluding hydrogens is 260 g/mol. The minimum absolute atomic E-state index is 0.0743. The van der Waals surface area contributed by atoms with Gasteiger partial charge in [-0.15, -0.1) is 0 Å². The number of allylic oxidation sites excluding steroid dienone is 4. The van der Waals surface area contributed by atoms with E-state index in [1.54, 1.807) is 0 Å². The van der Waals surface area contributed by atoms with Gasteiger partial charge >= 0.3 is 5.97 Å². The van der Waals surface area contributed by atoms with Crippen molar-refractivity contribution in [2.24, 2.45) is 0 Å². The summed E-state index contributed by atoms with van der Waals surface area (Å²) in [4.78, 5) is 10.9. The minimum Gasteiger partial charge on any atom is -0.469 e. The molecule has 2 nitrogen and oxygen atoms in total. The molecule has 0 spiro atoms. The molecule has 0 rings (SSSR count). The SMILES string of the molecule is CC=CCC=CCCCCCCCCCCCC(=O)OC. The van der Waals surface area contributed by atoms with Gasteiger partial charge in [-0.05, 0) is 32.6 Å². The first-order valence-electron chi connectivity index (χ1n) is 8.64. The molecule has 0 N–H and O–H groups in total. The van der Waals surface area contributed by atoms with Gasteiger partial charge in [-0.25, -0.2) is 0 Å². The number of esters is 1. The molecule has 0 aliphatic rings. The maximum atomic E-state index is 10.9. The molecule has 0 aromatic carbocycles. The third kappa shape index (κ3) is 16.9. The van der Waals surface area contributed by atoms with Crippen LogP contribution in [0.25, 0.3) is 0 Å². The molecule has 0 aliphatic carbocycles. The summed E-state index contributed by atoms with van der Waals surface area (Å²) in [5.74, 6) is -0.0743. The van der Waals surface area contributed by atoms with Crippen molar-refractivity contribution in [1.29, 1.82) is 0 Å². The molecule has 0 bridgehead atoms. The normalized spacial score (nSPS) is 11.5. The summed E-state index contributed by atoms with van der Waals surface area (Å²) in [6.07, 6.45) is 23.2. The van der Waals surface area contributed by atoms with E-state index >= 15 is 0 Å². The van der Waals surface area contributed by atoms with E-state index in [0.29, 0.717) is 6.42 Å². The molecule has 0 amide bonds. The number of unbranched alkanes of at least 4 members (excludes halogenated alkanes) is 9. The summed E-state index contributed by atoms with van der Waals surface area (Å²) in [6.45, 7) is 2.06. The number of carbonyl (C=O) groups excluding carboxylic acids is 1. The predicted molar refractivity (Wildman–Crippen MR) is 91.4 cm³/mol. The van der Waals surface area contributed by atoms with Crippen LogP contribution in [0.3, 0.4) is 0 Å². The largest absolute Gasteiger partial charge is 0.469 e. The lowest BCUT2D eigenvalue weighted by molar-refractivity contribution is -0.140. The van der Waals surface area contributed by atoms with E-state index in [1.807, 2.05) is 0 Å². The van der Waals surface area contributed by atoms with E-state index in [1.165, 1.54) is 58.5 Å². The van der Waals surface area contributed by atoms with Gasteiger partial charge in [0.2, 0.25) is 0 Å². The van der Waals surface area contributed by atoms with Crippen LogP contribution in [0.1, 0.15) is 84.0 Å². The molecule has 0 saturated carbocycles. The van der Waals surface area contributed by atoms with Crippen LogP contribution in [0.2, 0.25) is 0 Å². The number of methoxy groups -OCH3 is 1. The summed E-state index contributed by atoms with van der Waals surface area (Å²) in [5.41, 5.74) is 0. The second-order valence-electron chi connectivity index (χ2n) is 5.57. The van der Waals surface area contributed by atoms with Crippen LogP contribution >= 0.6 is 0 Å². The van der Waals surface area contributed by atoms with Gasteiger partial charge < -0.3 is 4.74 Å². The van der Waals surface area contributed by atoms with Gasteiger partial charge in [-0.1, -0.05) is 69.2 Å². The van der Waals surface area contributed by atoms with Gasteiger partial charge in [-0.3, -0.25) is 4.79 Å². The fourth-order valence-electron chi connectivity index (χ4n) is 2.30. The summed E-state index contributed by atoms with van der Waals surface area (Å²) >= 11 is 0. The van der Waals surface area contributed by atoms with Crippen molar-refractivity contribution < 1.29 is 9.53 Å². The van der Waals surface area contributed by atoms with Crippen LogP contribution in [0.5, 0.6) is 0 Å². The lowest BCUT2D eigenvalue weighted by Gasteiger charge is -2.02. The number of hydrogen-bond donors (Lipinski definition) is 0. The van der Waals surface area contributed by atoms with Crippen molar-refractivity contribution in [2.45, 2.75) is 84.0 Å². The van der Waals surface area contributed by atoms with E-state index in [9.17, 15) is 4.79 Å². The lowest BCUT2D eigenvalue weighted by Crippen LogP contribution is -1.99. The first kappa shape index (κ1) is 19.9. The standard InChI is InChI=1S/C19H34O2/c1-3-4-5-6-7-8-9-10-11-12-13-14-15-16-17-18-19(20)21-2/h3-4,6-7H,5,8-18H2,1-2H3. The smallest absolute Gasteiger partial charge is 0.305 e.